The van der Waals surface area contributed by atoms with E-state index < -0.39 is 0 Å². The minimum absolute atomic E-state index is 0. The fourth-order valence-corrected chi connectivity index (χ4v) is 6.87. The maximum Gasteiger partial charge on any atom is 0.139 e. The monoisotopic (exact) mass is 324 g/mol. The van der Waals surface area contributed by atoms with Gasteiger partial charge in [0.25, 0.3) is 0 Å². The second kappa shape index (κ2) is 5.33. The fourth-order valence-electron chi connectivity index (χ4n) is 6.87. The zero-order valence-corrected chi connectivity index (χ0v) is 14.7. The van der Waals surface area contributed by atoms with E-state index in [1.165, 1.54) is 25.7 Å². The first-order valence-corrected chi connectivity index (χ1v) is 9.03. The highest BCUT2D eigenvalue weighted by Crippen LogP contribution is 2.64. The van der Waals surface area contributed by atoms with Gasteiger partial charge in [-0.05, 0) is 55.3 Å². The summed E-state index contributed by atoms with van der Waals surface area (Å²) >= 11 is 0. The number of carbonyl (C=O) groups is 2. The molecule has 4 aliphatic carbocycles. The summed E-state index contributed by atoms with van der Waals surface area (Å²) in [7, 11) is 0. The molecule has 0 aromatic heterocycles. The molecule has 124 valence electrons. The average Bonchev–Trinajstić information content (AvgIpc) is 2.75. The van der Waals surface area contributed by atoms with Crippen LogP contribution in [0, 0.1) is 34.5 Å². The molecule has 22 heavy (non-hydrogen) atoms. The van der Waals surface area contributed by atoms with Crippen LogP contribution in [-0.2, 0) is 9.59 Å². The van der Waals surface area contributed by atoms with Crippen molar-refractivity contribution in [1.29, 1.82) is 0 Å². The lowest BCUT2D eigenvalue weighted by atomic mass is 9.45. The van der Waals surface area contributed by atoms with Crippen LogP contribution in [0.4, 0.5) is 0 Å². The summed E-state index contributed by atoms with van der Waals surface area (Å²) in [4.78, 5) is 25.1. The molecule has 3 heteroatoms. The Balaban J connectivity index is 0.00000144. The number of hydrogen-bond donors (Lipinski definition) is 0. The summed E-state index contributed by atoms with van der Waals surface area (Å²) in [6.07, 6.45) is 9.74. The van der Waals surface area contributed by atoms with Gasteiger partial charge in [0.1, 0.15) is 11.6 Å². The largest absolute Gasteiger partial charge is 0.299 e. The summed E-state index contributed by atoms with van der Waals surface area (Å²) in [6.45, 7) is 4.61. The van der Waals surface area contributed by atoms with Crippen molar-refractivity contribution < 1.29 is 9.59 Å². The third-order valence-electron chi connectivity index (χ3n) is 8.07. The Bertz CT molecular complexity index is 502. The van der Waals surface area contributed by atoms with Crippen molar-refractivity contribution >= 4 is 24.0 Å². The molecule has 4 rings (SSSR count). The van der Waals surface area contributed by atoms with Gasteiger partial charge in [-0.1, -0.05) is 26.7 Å². The van der Waals surface area contributed by atoms with Gasteiger partial charge in [-0.15, -0.1) is 12.4 Å². The number of halogens is 1. The van der Waals surface area contributed by atoms with Gasteiger partial charge >= 0.3 is 0 Å². The minimum atomic E-state index is -0.0979. The lowest BCUT2D eigenvalue weighted by Crippen LogP contribution is -2.55. The molecule has 4 fully saturated rings. The summed E-state index contributed by atoms with van der Waals surface area (Å²) in [5, 5.41) is 0. The van der Waals surface area contributed by atoms with Crippen LogP contribution in [-0.4, -0.2) is 11.6 Å². The molecule has 6 atom stereocenters. The number of hydrogen-bond acceptors (Lipinski definition) is 2. The van der Waals surface area contributed by atoms with E-state index in [1.54, 1.807) is 0 Å². The van der Waals surface area contributed by atoms with E-state index in [0.29, 0.717) is 35.2 Å². The third kappa shape index (κ3) is 1.98. The van der Waals surface area contributed by atoms with Crippen molar-refractivity contribution in [2.45, 2.75) is 71.6 Å². The molecule has 2 nitrogen and oxygen atoms in total. The first kappa shape index (κ1) is 16.5. The fraction of sp³-hybridized carbons (Fsp3) is 0.895. The highest BCUT2D eigenvalue weighted by Gasteiger charge is 2.61. The molecule has 0 aromatic carbocycles. The quantitative estimate of drug-likeness (QED) is 0.653. The number of fused-ring (bicyclic) bond motifs is 5. The Morgan fingerprint density at radius 3 is 2.50 bits per heavy atom. The third-order valence-corrected chi connectivity index (χ3v) is 8.07. The van der Waals surface area contributed by atoms with Crippen LogP contribution in [0.1, 0.15) is 71.6 Å². The minimum Gasteiger partial charge on any atom is -0.299 e. The van der Waals surface area contributed by atoms with E-state index in [4.69, 9.17) is 0 Å². The van der Waals surface area contributed by atoms with Crippen LogP contribution >= 0.6 is 12.4 Å². The molecule has 0 bridgehead atoms. The molecule has 0 heterocycles. The molecule has 0 N–H and O–H groups in total. The Labute approximate surface area is 140 Å². The number of rotatable bonds is 0. The molecule has 0 radical (unpaired) electrons. The highest BCUT2D eigenvalue weighted by molar-refractivity contribution is 5.88. The zero-order valence-electron chi connectivity index (χ0n) is 13.9. The summed E-state index contributed by atoms with van der Waals surface area (Å²) in [5.41, 5.74) is 0.143. The molecule has 0 aliphatic heterocycles. The van der Waals surface area contributed by atoms with Crippen LogP contribution in [0.5, 0.6) is 0 Å². The van der Waals surface area contributed by atoms with Gasteiger partial charge in [0, 0.05) is 24.2 Å². The van der Waals surface area contributed by atoms with Crippen molar-refractivity contribution in [2.75, 3.05) is 0 Å². The van der Waals surface area contributed by atoms with Crippen LogP contribution in [0.15, 0.2) is 0 Å². The maximum atomic E-state index is 12.8. The van der Waals surface area contributed by atoms with Gasteiger partial charge < -0.3 is 0 Å². The number of carbonyl (C=O) groups excluding carboxylic acids is 2. The van der Waals surface area contributed by atoms with Crippen molar-refractivity contribution in [3.63, 3.8) is 0 Å². The molecule has 0 saturated heterocycles. The summed E-state index contributed by atoms with van der Waals surface area (Å²) < 4.78 is 0. The smallest absolute Gasteiger partial charge is 0.139 e. The Kier molecular flexibility index (Phi) is 3.99. The number of Topliss-reactive ketones (excluding diaryl/α,β-unsaturated/α-hetero) is 2. The van der Waals surface area contributed by atoms with E-state index in [9.17, 15) is 9.59 Å². The van der Waals surface area contributed by atoms with Gasteiger partial charge in [0.05, 0.1) is 0 Å². The average molecular weight is 325 g/mol. The molecule has 4 saturated carbocycles. The van der Waals surface area contributed by atoms with Crippen LogP contribution < -0.4 is 0 Å². The van der Waals surface area contributed by atoms with Crippen molar-refractivity contribution in [3.05, 3.63) is 0 Å². The van der Waals surface area contributed by atoms with Crippen molar-refractivity contribution in [1.82, 2.24) is 0 Å². The summed E-state index contributed by atoms with van der Waals surface area (Å²) in [5.74, 6) is 3.03. The van der Waals surface area contributed by atoms with E-state index in [2.05, 4.69) is 13.8 Å². The van der Waals surface area contributed by atoms with E-state index >= 15 is 0 Å². The van der Waals surface area contributed by atoms with Crippen molar-refractivity contribution in [3.8, 4) is 0 Å². The molecule has 4 aliphatic rings. The second-order valence-corrected chi connectivity index (χ2v) is 8.77. The first-order valence-electron chi connectivity index (χ1n) is 9.03. The molecular weight excluding hydrogens is 296 g/mol. The Morgan fingerprint density at radius 2 is 1.73 bits per heavy atom. The molecular formula is C19H29ClO2. The maximum absolute atomic E-state index is 12.8. The lowest BCUT2D eigenvalue weighted by molar-refractivity contribution is -0.155. The van der Waals surface area contributed by atoms with Crippen LogP contribution in [0.25, 0.3) is 0 Å². The van der Waals surface area contributed by atoms with Gasteiger partial charge in [-0.3, -0.25) is 9.59 Å². The van der Waals surface area contributed by atoms with E-state index in [1.807, 2.05) is 0 Å². The van der Waals surface area contributed by atoms with Crippen LogP contribution in [0.3, 0.4) is 0 Å². The van der Waals surface area contributed by atoms with Gasteiger partial charge in [0.2, 0.25) is 0 Å². The van der Waals surface area contributed by atoms with E-state index in [0.717, 1.165) is 32.1 Å². The predicted molar refractivity (Wildman–Crippen MR) is 89.0 cm³/mol. The van der Waals surface area contributed by atoms with Crippen molar-refractivity contribution in [2.24, 2.45) is 34.5 Å². The second-order valence-electron chi connectivity index (χ2n) is 8.77. The van der Waals surface area contributed by atoms with Crippen LogP contribution in [0.2, 0.25) is 0 Å². The molecule has 0 unspecified atom stereocenters. The number of ketones is 2. The predicted octanol–water partition coefficient (Wildman–Crippen LogP) is 4.59. The highest BCUT2D eigenvalue weighted by atomic mass is 35.5. The Morgan fingerprint density at radius 1 is 0.955 bits per heavy atom. The topological polar surface area (TPSA) is 34.1 Å². The standard InChI is InChI=1S/C19H28O2.ClH/c1-18-9-4-3-5-15(18)16(20)11-12-13-6-7-17(21)19(13,2)10-8-14(12)18;/h12-15H,3-11H2,1-2H3;1H/t12-,13-,14-,15+,18+,19-;/m0./s1. The van der Waals surface area contributed by atoms with Gasteiger partial charge in [-0.25, -0.2) is 0 Å². The van der Waals surface area contributed by atoms with Gasteiger partial charge in [-0.2, -0.15) is 0 Å². The normalized spacial score (nSPS) is 50.6. The first-order chi connectivity index (χ1) is 9.97. The Hall–Kier alpha value is -0.370. The molecule has 0 aromatic rings. The zero-order chi connectivity index (χ0) is 14.8. The summed E-state index contributed by atoms with van der Waals surface area (Å²) in [6, 6.07) is 0. The van der Waals surface area contributed by atoms with Gasteiger partial charge in [0.15, 0.2) is 0 Å². The van der Waals surface area contributed by atoms with E-state index in [-0.39, 0.29) is 23.2 Å². The molecule has 0 amide bonds. The lowest BCUT2D eigenvalue weighted by Gasteiger charge is -2.58. The molecule has 0 spiro atoms. The SMILES string of the molecule is C[C@]12CCCC[C@@H]1C(=O)C[C@@H]1[C@@H]2CC[C@]2(C)C(=O)CC[C@@H]12.Cl.